The van der Waals surface area contributed by atoms with Gasteiger partial charge in [0.05, 0.1) is 11.1 Å². The van der Waals surface area contributed by atoms with Crippen LogP contribution in [-0.2, 0) is 6.18 Å². The minimum Gasteiger partial charge on any atom is -0.254 e. The number of nitrogens with zero attached hydrogens (tertiary/aromatic N) is 1. The highest BCUT2D eigenvalue weighted by Crippen LogP contribution is 2.37. The second-order valence-corrected chi connectivity index (χ2v) is 7.13. The summed E-state index contributed by atoms with van der Waals surface area (Å²) in [6.07, 6.45) is -3.45. The van der Waals surface area contributed by atoms with Crippen LogP contribution in [-0.4, -0.2) is 9.73 Å². The van der Waals surface area contributed by atoms with E-state index in [4.69, 9.17) is 0 Å². The molecule has 102 valence electrons. The van der Waals surface area contributed by atoms with Gasteiger partial charge in [-0.1, -0.05) is 32.9 Å². The largest absolute Gasteiger partial charge is 0.417 e. The topological polar surface area (TPSA) is 12.9 Å². The van der Waals surface area contributed by atoms with E-state index in [1.807, 2.05) is 6.07 Å². The number of aromatic nitrogens is 1. The molecule has 0 amide bonds. The quantitative estimate of drug-likeness (QED) is 0.672. The third kappa shape index (κ3) is 3.41. The molecule has 0 radical (unpaired) electrons. The molecule has 2 aromatic rings. The fraction of sp³-hybridized carbons (Fsp3) is 0.357. The van der Waals surface area contributed by atoms with Crippen molar-refractivity contribution in [1.82, 2.24) is 4.98 Å². The second kappa shape index (κ2) is 4.71. The lowest BCUT2D eigenvalue weighted by molar-refractivity contribution is -0.137. The van der Waals surface area contributed by atoms with E-state index in [-0.39, 0.29) is 4.75 Å². The van der Waals surface area contributed by atoms with Crippen LogP contribution in [0.25, 0.3) is 10.9 Å². The van der Waals surface area contributed by atoms with Crippen molar-refractivity contribution >= 4 is 22.7 Å². The number of thioether (sulfide) groups is 1. The summed E-state index contributed by atoms with van der Waals surface area (Å²) in [5, 5.41) is 0.518. The van der Waals surface area contributed by atoms with Gasteiger partial charge in [0.25, 0.3) is 0 Å². The molecule has 5 heteroatoms. The Bertz CT molecular complexity index is 600. The van der Waals surface area contributed by atoms with Gasteiger partial charge < -0.3 is 0 Å². The number of alkyl halides is 3. The van der Waals surface area contributed by atoms with Gasteiger partial charge in [0.15, 0.2) is 0 Å². The molecule has 0 aliphatic rings. The summed E-state index contributed by atoms with van der Waals surface area (Å²) < 4.78 is 37.9. The number of halogens is 3. The predicted octanol–water partition coefficient (Wildman–Crippen LogP) is 5.14. The van der Waals surface area contributed by atoms with Crippen LogP contribution in [0, 0.1) is 0 Å². The first-order valence-corrected chi connectivity index (χ1v) is 6.63. The van der Waals surface area contributed by atoms with Gasteiger partial charge in [0.2, 0.25) is 0 Å². The highest BCUT2D eigenvalue weighted by Gasteiger charge is 2.31. The zero-order valence-electron chi connectivity index (χ0n) is 10.9. The summed E-state index contributed by atoms with van der Waals surface area (Å²) in [6, 6.07) is 6.45. The van der Waals surface area contributed by atoms with Crippen LogP contribution in [0.1, 0.15) is 26.3 Å². The van der Waals surface area contributed by atoms with Crippen molar-refractivity contribution in [3.8, 4) is 0 Å². The van der Waals surface area contributed by atoms with Crippen LogP contribution >= 0.6 is 11.8 Å². The molecule has 1 heterocycles. The van der Waals surface area contributed by atoms with Crippen molar-refractivity contribution in [2.45, 2.75) is 36.6 Å². The molecule has 0 unspecified atom stereocenters. The van der Waals surface area contributed by atoms with Crippen LogP contribution in [0.2, 0.25) is 0 Å². The molecule has 19 heavy (non-hydrogen) atoms. The van der Waals surface area contributed by atoms with E-state index in [1.165, 1.54) is 0 Å². The molecule has 0 atom stereocenters. The van der Waals surface area contributed by atoms with Gasteiger partial charge in [-0.05, 0) is 12.1 Å². The standard InChI is InChI=1S/C14H14F3NS/c1-13(2,3)19-11-6-4-5-9-7-10(14(15,16)17)8-18-12(9)11/h4-8H,1-3H3. The summed E-state index contributed by atoms with van der Waals surface area (Å²) in [5.74, 6) is 0. The average Bonchev–Trinajstić information content (AvgIpc) is 2.25. The molecule has 0 fully saturated rings. The maximum Gasteiger partial charge on any atom is 0.417 e. The molecule has 1 aromatic carbocycles. The molecule has 2 rings (SSSR count). The summed E-state index contributed by atoms with van der Waals surface area (Å²) in [6.45, 7) is 6.17. The smallest absolute Gasteiger partial charge is 0.254 e. The van der Waals surface area contributed by atoms with Crippen LogP contribution in [0.5, 0.6) is 0 Å². The number of rotatable bonds is 1. The van der Waals surface area contributed by atoms with Gasteiger partial charge in [-0.25, -0.2) is 0 Å². The van der Waals surface area contributed by atoms with Crippen molar-refractivity contribution in [1.29, 1.82) is 0 Å². The maximum absolute atomic E-state index is 12.6. The number of pyridine rings is 1. The van der Waals surface area contributed by atoms with E-state index in [2.05, 4.69) is 25.8 Å². The van der Waals surface area contributed by atoms with E-state index in [1.54, 1.807) is 23.9 Å². The average molecular weight is 285 g/mol. The molecule has 0 spiro atoms. The lowest BCUT2D eigenvalue weighted by Crippen LogP contribution is -2.08. The van der Waals surface area contributed by atoms with Gasteiger partial charge >= 0.3 is 6.18 Å². The normalized spacial score (nSPS) is 12.9. The SMILES string of the molecule is CC(C)(C)Sc1cccc2cc(C(F)(F)F)cnc12. The van der Waals surface area contributed by atoms with E-state index in [9.17, 15) is 13.2 Å². The summed E-state index contributed by atoms with van der Waals surface area (Å²) in [4.78, 5) is 4.89. The minimum atomic E-state index is -4.35. The number of hydrogen-bond donors (Lipinski definition) is 0. The summed E-state index contributed by atoms with van der Waals surface area (Å²) >= 11 is 1.60. The Morgan fingerprint density at radius 2 is 1.79 bits per heavy atom. The molecule has 0 N–H and O–H groups in total. The number of benzene rings is 1. The lowest BCUT2D eigenvalue weighted by atomic mass is 10.1. The van der Waals surface area contributed by atoms with E-state index in [0.29, 0.717) is 10.9 Å². The first kappa shape index (κ1) is 14.2. The fourth-order valence-electron chi connectivity index (χ4n) is 1.70. The molecule has 1 aromatic heterocycles. The Morgan fingerprint density at radius 1 is 1.11 bits per heavy atom. The van der Waals surface area contributed by atoms with E-state index >= 15 is 0 Å². The molecule has 0 saturated heterocycles. The van der Waals surface area contributed by atoms with Crippen molar-refractivity contribution in [3.63, 3.8) is 0 Å². The Morgan fingerprint density at radius 3 is 2.37 bits per heavy atom. The van der Waals surface area contributed by atoms with Gasteiger partial charge in [-0.3, -0.25) is 4.98 Å². The third-order valence-corrected chi connectivity index (χ3v) is 3.58. The number of fused-ring (bicyclic) bond motifs is 1. The van der Waals surface area contributed by atoms with Crippen LogP contribution in [0.3, 0.4) is 0 Å². The maximum atomic E-state index is 12.6. The van der Waals surface area contributed by atoms with Crippen LogP contribution < -0.4 is 0 Å². The first-order valence-electron chi connectivity index (χ1n) is 5.82. The van der Waals surface area contributed by atoms with Crippen molar-refractivity contribution in [3.05, 3.63) is 36.0 Å². The first-order chi connectivity index (χ1) is 8.67. The molecular weight excluding hydrogens is 271 g/mol. The highest BCUT2D eigenvalue weighted by atomic mass is 32.2. The van der Waals surface area contributed by atoms with E-state index in [0.717, 1.165) is 17.2 Å². The Kier molecular flexibility index (Phi) is 3.51. The van der Waals surface area contributed by atoms with Gasteiger partial charge in [0.1, 0.15) is 0 Å². The fourth-order valence-corrected chi connectivity index (χ4v) is 2.77. The molecule has 0 bridgehead atoms. The van der Waals surface area contributed by atoms with Crippen molar-refractivity contribution < 1.29 is 13.2 Å². The van der Waals surface area contributed by atoms with Crippen molar-refractivity contribution in [2.24, 2.45) is 0 Å². The second-order valence-electron chi connectivity index (χ2n) is 5.26. The van der Waals surface area contributed by atoms with Crippen LogP contribution in [0.15, 0.2) is 35.4 Å². The molecule has 1 nitrogen and oxygen atoms in total. The van der Waals surface area contributed by atoms with Gasteiger partial charge in [0, 0.05) is 21.2 Å². The Labute approximate surface area is 114 Å². The molecule has 0 saturated carbocycles. The molecular formula is C14H14F3NS. The predicted molar refractivity (Wildman–Crippen MR) is 72.4 cm³/mol. The van der Waals surface area contributed by atoms with E-state index < -0.39 is 11.7 Å². The third-order valence-electron chi connectivity index (χ3n) is 2.42. The monoisotopic (exact) mass is 285 g/mol. The zero-order valence-corrected chi connectivity index (χ0v) is 11.7. The van der Waals surface area contributed by atoms with Crippen LogP contribution in [0.4, 0.5) is 13.2 Å². The molecule has 0 aliphatic heterocycles. The summed E-state index contributed by atoms with van der Waals surface area (Å²) in [7, 11) is 0. The Balaban J connectivity index is 2.53. The molecule has 0 aliphatic carbocycles. The lowest BCUT2D eigenvalue weighted by Gasteiger charge is -2.18. The highest BCUT2D eigenvalue weighted by molar-refractivity contribution is 8.00. The van der Waals surface area contributed by atoms with Crippen molar-refractivity contribution in [2.75, 3.05) is 0 Å². The number of para-hydroxylation sites is 1. The zero-order chi connectivity index (χ0) is 14.3. The Hall–Kier alpha value is -1.23. The van der Waals surface area contributed by atoms with Gasteiger partial charge in [-0.15, -0.1) is 11.8 Å². The van der Waals surface area contributed by atoms with Gasteiger partial charge in [-0.2, -0.15) is 13.2 Å². The minimum absolute atomic E-state index is 0.0152. The number of hydrogen-bond acceptors (Lipinski definition) is 2. The summed E-state index contributed by atoms with van der Waals surface area (Å²) in [5.41, 5.74) is -0.0895.